The minimum Gasteiger partial charge on any atom is -0.345 e. The van der Waals surface area contributed by atoms with Crippen molar-refractivity contribution in [3.8, 4) is 0 Å². The van der Waals surface area contributed by atoms with Gasteiger partial charge in [0.2, 0.25) is 11.8 Å². The van der Waals surface area contributed by atoms with Gasteiger partial charge in [-0.2, -0.15) is 0 Å². The maximum atomic E-state index is 12.3. The molecule has 1 saturated carbocycles. The van der Waals surface area contributed by atoms with Crippen LogP contribution in [0.5, 0.6) is 0 Å². The molecule has 1 aliphatic heterocycles. The molecule has 1 aromatic heterocycles. The van der Waals surface area contributed by atoms with E-state index in [-0.39, 0.29) is 17.9 Å². The lowest BCUT2D eigenvalue weighted by atomic mass is 9.88. The number of carbonyl (C=O) groups is 2. The molecule has 2 fully saturated rings. The number of imidazole rings is 1. The molecule has 2 aliphatic rings. The van der Waals surface area contributed by atoms with Crippen molar-refractivity contribution in [2.24, 2.45) is 11.8 Å². The number of amides is 2. The summed E-state index contributed by atoms with van der Waals surface area (Å²) in [7, 11) is 3.76. The van der Waals surface area contributed by atoms with Crippen molar-refractivity contribution in [3.05, 3.63) is 18.7 Å². The maximum absolute atomic E-state index is 12.3. The summed E-state index contributed by atoms with van der Waals surface area (Å²) in [5.41, 5.74) is 0. The van der Waals surface area contributed by atoms with Gasteiger partial charge in [-0.25, -0.2) is 4.98 Å². The van der Waals surface area contributed by atoms with E-state index >= 15 is 0 Å². The summed E-state index contributed by atoms with van der Waals surface area (Å²) >= 11 is 0. The van der Waals surface area contributed by atoms with Gasteiger partial charge in [-0.3, -0.25) is 9.59 Å². The Labute approximate surface area is 124 Å². The van der Waals surface area contributed by atoms with E-state index in [9.17, 15) is 9.59 Å². The highest BCUT2D eigenvalue weighted by molar-refractivity contribution is 5.77. The first-order valence-corrected chi connectivity index (χ1v) is 7.50. The quantitative estimate of drug-likeness (QED) is 0.819. The van der Waals surface area contributed by atoms with Crippen molar-refractivity contribution in [1.29, 1.82) is 0 Å². The molecule has 0 N–H and O–H groups in total. The summed E-state index contributed by atoms with van der Waals surface area (Å²) in [5.74, 6) is 1.34. The zero-order valence-corrected chi connectivity index (χ0v) is 12.6. The standard InChI is InChI=1S/C15H22N4O2/c1-17-8-12-6-13(5-11(12)7-14(17)20)18(2)15(21)9-19-4-3-16-10-19/h3-4,10-13H,5-9H2,1-2H3/t11-,12+,13-/m0/s1. The number of carbonyl (C=O) groups excluding carboxylic acids is 2. The third-order valence-electron chi connectivity index (χ3n) is 5.01. The van der Waals surface area contributed by atoms with Crippen molar-refractivity contribution in [3.63, 3.8) is 0 Å². The van der Waals surface area contributed by atoms with Gasteiger partial charge < -0.3 is 14.4 Å². The number of hydrogen-bond acceptors (Lipinski definition) is 3. The number of nitrogens with zero attached hydrogens (tertiary/aromatic N) is 4. The Hall–Kier alpha value is -1.85. The molecule has 0 bridgehead atoms. The minimum absolute atomic E-state index is 0.108. The summed E-state index contributed by atoms with van der Waals surface area (Å²) in [6, 6.07) is 0.260. The molecule has 3 atom stereocenters. The predicted octanol–water partition coefficient (Wildman–Crippen LogP) is 0.598. The second-order valence-corrected chi connectivity index (χ2v) is 6.36. The van der Waals surface area contributed by atoms with Crippen LogP contribution >= 0.6 is 0 Å². The topological polar surface area (TPSA) is 58.4 Å². The van der Waals surface area contributed by atoms with Crippen LogP contribution in [0, 0.1) is 11.8 Å². The van der Waals surface area contributed by atoms with Crippen LogP contribution in [-0.4, -0.2) is 57.8 Å². The molecule has 6 heteroatoms. The van der Waals surface area contributed by atoms with Crippen molar-refractivity contribution >= 4 is 11.8 Å². The first kappa shape index (κ1) is 14.1. The van der Waals surface area contributed by atoms with Gasteiger partial charge >= 0.3 is 0 Å². The van der Waals surface area contributed by atoms with Gasteiger partial charge in [0.05, 0.1) is 6.33 Å². The Morgan fingerprint density at radius 2 is 2.19 bits per heavy atom. The van der Waals surface area contributed by atoms with Gasteiger partial charge in [0.25, 0.3) is 0 Å². The summed E-state index contributed by atoms with van der Waals surface area (Å²) in [6.07, 6.45) is 7.74. The second-order valence-electron chi connectivity index (χ2n) is 6.36. The monoisotopic (exact) mass is 290 g/mol. The average molecular weight is 290 g/mol. The van der Waals surface area contributed by atoms with E-state index in [2.05, 4.69) is 4.98 Å². The fourth-order valence-electron chi connectivity index (χ4n) is 3.66. The van der Waals surface area contributed by atoms with E-state index < -0.39 is 0 Å². The molecule has 1 aliphatic carbocycles. The van der Waals surface area contributed by atoms with Crippen molar-refractivity contribution < 1.29 is 9.59 Å². The molecular weight excluding hydrogens is 268 g/mol. The minimum atomic E-state index is 0.108. The number of rotatable bonds is 3. The van der Waals surface area contributed by atoms with Crippen LogP contribution in [0.2, 0.25) is 0 Å². The number of aromatic nitrogens is 2. The van der Waals surface area contributed by atoms with Crippen molar-refractivity contribution in [1.82, 2.24) is 19.4 Å². The average Bonchev–Trinajstić information content (AvgIpc) is 3.08. The van der Waals surface area contributed by atoms with E-state index in [0.29, 0.717) is 24.8 Å². The van der Waals surface area contributed by atoms with Crippen LogP contribution in [0.4, 0.5) is 0 Å². The molecule has 0 aromatic carbocycles. The number of likely N-dealkylation sites (tertiary alicyclic amines) is 1. The lowest BCUT2D eigenvalue weighted by Crippen LogP contribution is -2.40. The highest BCUT2D eigenvalue weighted by Gasteiger charge is 2.42. The summed E-state index contributed by atoms with van der Waals surface area (Å²) in [4.78, 5) is 31.8. The van der Waals surface area contributed by atoms with E-state index in [1.807, 2.05) is 23.9 Å². The molecule has 0 spiro atoms. The van der Waals surface area contributed by atoms with Crippen molar-refractivity contribution in [2.75, 3.05) is 20.6 Å². The van der Waals surface area contributed by atoms with Gasteiger partial charge in [0, 0.05) is 45.5 Å². The Morgan fingerprint density at radius 3 is 2.90 bits per heavy atom. The van der Waals surface area contributed by atoms with Crippen LogP contribution in [-0.2, 0) is 16.1 Å². The molecule has 6 nitrogen and oxygen atoms in total. The summed E-state index contributed by atoms with van der Waals surface area (Å²) < 4.78 is 1.79. The van der Waals surface area contributed by atoms with Crippen molar-refractivity contribution in [2.45, 2.75) is 31.8 Å². The number of piperidine rings is 1. The summed E-state index contributed by atoms with van der Waals surface area (Å²) in [6.45, 7) is 1.17. The number of likely N-dealkylation sites (N-methyl/N-ethyl adjacent to an activating group) is 1. The Balaban J connectivity index is 1.60. The highest BCUT2D eigenvalue weighted by Crippen LogP contribution is 2.39. The van der Waals surface area contributed by atoms with E-state index in [1.165, 1.54) is 0 Å². The fraction of sp³-hybridized carbons (Fsp3) is 0.667. The largest absolute Gasteiger partial charge is 0.345 e. The Bertz CT molecular complexity index is 528. The molecular formula is C15H22N4O2. The second kappa shape index (κ2) is 5.50. The number of fused-ring (bicyclic) bond motifs is 1. The molecule has 114 valence electrons. The molecule has 3 rings (SSSR count). The van der Waals surface area contributed by atoms with E-state index in [1.54, 1.807) is 23.3 Å². The fourth-order valence-corrected chi connectivity index (χ4v) is 3.66. The molecule has 2 heterocycles. The van der Waals surface area contributed by atoms with E-state index in [0.717, 1.165) is 19.4 Å². The normalized spacial score (nSPS) is 28.6. The van der Waals surface area contributed by atoms with Crippen LogP contribution in [0.1, 0.15) is 19.3 Å². The Kier molecular flexibility index (Phi) is 3.69. The van der Waals surface area contributed by atoms with Gasteiger partial charge in [-0.1, -0.05) is 0 Å². The number of hydrogen-bond donors (Lipinski definition) is 0. The van der Waals surface area contributed by atoms with Crippen LogP contribution in [0.25, 0.3) is 0 Å². The zero-order chi connectivity index (χ0) is 15.0. The summed E-state index contributed by atoms with van der Waals surface area (Å²) in [5, 5.41) is 0. The molecule has 2 amide bonds. The predicted molar refractivity (Wildman–Crippen MR) is 77.3 cm³/mol. The maximum Gasteiger partial charge on any atom is 0.242 e. The van der Waals surface area contributed by atoms with Gasteiger partial charge in [-0.15, -0.1) is 0 Å². The van der Waals surface area contributed by atoms with Gasteiger partial charge in [-0.05, 0) is 24.7 Å². The third kappa shape index (κ3) is 2.80. The first-order valence-electron chi connectivity index (χ1n) is 7.50. The smallest absolute Gasteiger partial charge is 0.242 e. The van der Waals surface area contributed by atoms with Gasteiger partial charge in [0.15, 0.2) is 0 Å². The molecule has 1 aromatic rings. The third-order valence-corrected chi connectivity index (χ3v) is 5.01. The SMILES string of the molecule is CN1C[C@H]2C[C@@H](N(C)C(=O)Cn3ccnc3)C[C@H]2CC1=O. The molecule has 1 saturated heterocycles. The highest BCUT2D eigenvalue weighted by atomic mass is 16.2. The zero-order valence-electron chi connectivity index (χ0n) is 12.6. The Morgan fingerprint density at radius 1 is 1.43 bits per heavy atom. The lowest BCUT2D eigenvalue weighted by molar-refractivity contribution is -0.135. The van der Waals surface area contributed by atoms with Crippen LogP contribution in [0.15, 0.2) is 18.7 Å². The first-order chi connectivity index (χ1) is 10.0. The van der Waals surface area contributed by atoms with Gasteiger partial charge in [0.1, 0.15) is 6.54 Å². The molecule has 0 radical (unpaired) electrons. The van der Waals surface area contributed by atoms with Crippen LogP contribution in [0.3, 0.4) is 0 Å². The van der Waals surface area contributed by atoms with Crippen LogP contribution < -0.4 is 0 Å². The lowest BCUT2D eigenvalue weighted by Gasteiger charge is -2.31. The molecule has 21 heavy (non-hydrogen) atoms. The molecule has 0 unspecified atom stereocenters. The van der Waals surface area contributed by atoms with E-state index in [4.69, 9.17) is 0 Å².